The van der Waals surface area contributed by atoms with Crippen LogP contribution in [0, 0.1) is 11.3 Å². The number of nitriles is 1. The molecule has 1 aliphatic heterocycles. The Balaban J connectivity index is 2.35. The van der Waals surface area contributed by atoms with E-state index in [-0.39, 0.29) is 11.6 Å². The lowest BCUT2D eigenvalue weighted by atomic mass is 9.96. The van der Waals surface area contributed by atoms with Crippen LogP contribution in [0.1, 0.15) is 38.8 Å². The topological polar surface area (TPSA) is 39.4 Å². The molecule has 0 N–H and O–H groups in total. The second kappa shape index (κ2) is 4.21. The summed E-state index contributed by atoms with van der Waals surface area (Å²) in [4.78, 5) is 0. The normalized spacial score (nSPS) is 19.6. The van der Waals surface area contributed by atoms with Gasteiger partial charge in [0.1, 0.15) is 0 Å². The molecule has 0 bridgehead atoms. The fraction of sp³-hybridized carbons (Fsp3) is 0.429. The molecule has 0 saturated heterocycles. The Morgan fingerprint density at radius 2 is 2.00 bits per heavy atom. The van der Waals surface area contributed by atoms with Gasteiger partial charge in [0.15, 0.2) is 6.04 Å². The minimum atomic E-state index is -0.302. The molecule has 17 heavy (non-hydrogen) atoms. The Kier molecular flexibility index (Phi) is 2.89. The van der Waals surface area contributed by atoms with Gasteiger partial charge in [-0.15, -0.1) is 0 Å². The van der Waals surface area contributed by atoms with Crippen LogP contribution < -0.4 is 0 Å². The van der Waals surface area contributed by atoms with Crippen LogP contribution in [0.15, 0.2) is 35.4 Å². The molecule has 1 heterocycles. The summed E-state index contributed by atoms with van der Waals surface area (Å²) >= 11 is 0. The maximum absolute atomic E-state index is 9.40. The first kappa shape index (κ1) is 11.7. The Hall–Kier alpha value is -1.82. The molecule has 0 unspecified atom stereocenters. The van der Waals surface area contributed by atoms with Crippen molar-refractivity contribution in [2.45, 2.75) is 38.8 Å². The average Bonchev–Trinajstić information content (AvgIpc) is 2.55. The van der Waals surface area contributed by atoms with Gasteiger partial charge in [0, 0.05) is 12.1 Å². The van der Waals surface area contributed by atoms with Crippen molar-refractivity contribution in [2.75, 3.05) is 0 Å². The summed E-state index contributed by atoms with van der Waals surface area (Å²) in [7, 11) is 0. The van der Waals surface area contributed by atoms with Crippen LogP contribution >= 0.6 is 0 Å². The van der Waals surface area contributed by atoms with Crippen LogP contribution in [0.3, 0.4) is 0 Å². The molecule has 0 aromatic heterocycles. The van der Waals surface area contributed by atoms with Gasteiger partial charge in [-0.05, 0) is 26.3 Å². The van der Waals surface area contributed by atoms with E-state index in [1.54, 1.807) is 0 Å². The summed E-state index contributed by atoms with van der Waals surface area (Å²) in [6.45, 7) is 6.27. The van der Waals surface area contributed by atoms with Crippen LogP contribution in [-0.2, 0) is 0 Å². The highest BCUT2D eigenvalue weighted by atomic mass is 15.5. The number of hydrogen-bond donors (Lipinski definition) is 0. The zero-order valence-electron chi connectivity index (χ0n) is 10.5. The third-order valence-corrected chi connectivity index (χ3v) is 3.07. The van der Waals surface area contributed by atoms with Gasteiger partial charge >= 0.3 is 0 Å². The standard InChI is InChI=1S/C14H17N3/c1-11-9-14(2,3)17(16-11)13(10-15)12-7-5-4-6-8-12/h4-8,13H,9H2,1-3H3/t13-/m0/s1. The van der Waals surface area contributed by atoms with Crippen LogP contribution in [-0.4, -0.2) is 16.3 Å². The number of hydrogen-bond acceptors (Lipinski definition) is 3. The summed E-state index contributed by atoms with van der Waals surface area (Å²) in [6, 6.07) is 11.9. The van der Waals surface area contributed by atoms with Crippen molar-refractivity contribution in [2.24, 2.45) is 5.10 Å². The molecular formula is C14H17N3. The van der Waals surface area contributed by atoms with Gasteiger partial charge in [-0.3, -0.25) is 5.01 Å². The Morgan fingerprint density at radius 3 is 2.47 bits per heavy atom. The van der Waals surface area contributed by atoms with E-state index in [2.05, 4.69) is 25.0 Å². The summed E-state index contributed by atoms with van der Waals surface area (Å²) in [5.41, 5.74) is 2.01. The van der Waals surface area contributed by atoms with E-state index < -0.39 is 0 Å². The Morgan fingerprint density at radius 1 is 1.35 bits per heavy atom. The molecule has 1 atom stereocenters. The molecule has 1 aliphatic rings. The molecule has 0 saturated carbocycles. The average molecular weight is 227 g/mol. The van der Waals surface area contributed by atoms with Crippen LogP contribution in [0.25, 0.3) is 0 Å². The van der Waals surface area contributed by atoms with Crippen molar-refractivity contribution in [3.63, 3.8) is 0 Å². The first-order chi connectivity index (χ1) is 8.04. The Bertz CT molecular complexity index is 468. The number of benzene rings is 1. The Labute approximate surface area is 102 Å². The van der Waals surface area contributed by atoms with E-state index in [1.165, 1.54) is 0 Å². The number of hydrazone groups is 1. The highest BCUT2D eigenvalue weighted by molar-refractivity contribution is 5.84. The lowest BCUT2D eigenvalue weighted by Gasteiger charge is -2.34. The van der Waals surface area contributed by atoms with E-state index in [0.29, 0.717) is 0 Å². The lowest BCUT2D eigenvalue weighted by molar-refractivity contribution is 0.123. The zero-order chi connectivity index (χ0) is 12.5. The van der Waals surface area contributed by atoms with E-state index in [0.717, 1.165) is 17.7 Å². The minimum absolute atomic E-state index is 0.0830. The fourth-order valence-electron chi connectivity index (χ4n) is 2.37. The highest BCUT2D eigenvalue weighted by Gasteiger charge is 2.37. The predicted molar refractivity (Wildman–Crippen MR) is 68.4 cm³/mol. The monoisotopic (exact) mass is 227 g/mol. The summed E-state index contributed by atoms with van der Waals surface area (Å²) in [6.07, 6.45) is 0.915. The summed E-state index contributed by atoms with van der Waals surface area (Å²) in [5, 5.41) is 15.8. The minimum Gasteiger partial charge on any atom is -0.269 e. The maximum atomic E-state index is 9.40. The molecular weight excluding hydrogens is 210 g/mol. The molecule has 2 rings (SSSR count). The molecule has 0 aliphatic carbocycles. The van der Waals surface area contributed by atoms with Crippen molar-refractivity contribution in [1.29, 1.82) is 5.26 Å². The SMILES string of the molecule is CC1=NN([C@@H](C#N)c2ccccc2)C(C)(C)C1. The molecule has 88 valence electrons. The third kappa shape index (κ3) is 2.16. The van der Waals surface area contributed by atoms with Crippen molar-refractivity contribution >= 4 is 5.71 Å². The van der Waals surface area contributed by atoms with Crippen LogP contribution in [0.5, 0.6) is 0 Å². The van der Waals surface area contributed by atoms with E-state index in [9.17, 15) is 5.26 Å². The summed E-state index contributed by atoms with van der Waals surface area (Å²) < 4.78 is 0. The zero-order valence-corrected chi connectivity index (χ0v) is 10.5. The molecule has 1 aromatic rings. The molecule has 0 fully saturated rings. The smallest absolute Gasteiger partial charge is 0.159 e. The van der Waals surface area contributed by atoms with E-state index in [4.69, 9.17) is 0 Å². The first-order valence-electron chi connectivity index (χ1n) is 5.82. The quantitative estimate of drug-likeness (QED) is 0.778. The molecule has 3 nitrogen and oxygen atoms in total. The van der Waals surface area contributed by atoms with Crippen molar-refractivity contribution in [1.82, 2.24) is 5.01 Å². The predicted octanol–water partition coefficient (Wildman–Crippen LogP) is 3.11. The maximum Gasteiger partial charge on any atom is 0.159 e. The third-order valence-electron chi connectivity index (χ3n) is 3.07. The van der Waals surface area contributed by atoms with Crippen LogP contribution in [0.2, 0.25) is 0 Å². The second-order valence-corrected chi connectivity index (χ2v) is 5.11. The lowest BCUT2D eigenvalue weighted by Crippen LogP contribution is -2.38. The van der Waals surface area contributed by atoms with Gasteiger partial charge < -0.3 is 0 Å². The molecule has 0 spiro atoms. The molecule has 1 aromatic carbocycles. The first-order valence-corrected chi connectivity index (χ1v) is 5.82. The molecule has 3 heteroatoms. The van der Waals surface area contributed by atoms with Gasteiger partial charge in [0.05, 0.1) is 11.6 Å². The van der Waals surface area contributed by atoms with E-state index in [1.807, 2.05) is 42.3 Å². The number of rotatable bonds is 2. The summed E-state index contributed by atoms with van der Waals surface area (Å²) in [5.74, 6) is 0. The van der Waals surface area contributed by atoms with Crippen molar-refractivity contribution in [3.05, 3.63) is 35.9 Å². The van der Waals surface area contributed by atoms with Gasteiger partial charge in [-0.25, -0.2) is 0 Å². The highest BCUT2D eigenvalue weighted by Crippen LogP contribution is 2.35. The van der Waals surface area contributed by atoms with Gasteiger partial charge in [0.2, 0.25) is 0 Å². The molecule has 0 amide bonds. The molecule has 0 radical (unpaired) electrons. The van der Waals surface area contributed by atoms with E-state index >= 15 is 0 Å². The van der Waals surface area contributed by atoms with Gasteiger partial charge in [-0.1, -0.05) is 30.3 Å². The number of nitrogens with zero attached hydrogens (tertiary/aromatic N) is 3. The van der Waals surface area contributed by atoms with Gasteiger partial charge in [-0.2, -0.15) is 10.4 Å². The largest absolute Gasteiger partial charge is 0.269 e. The second-order valence-electron chi connectivity index (χ2n) is 5.11. The van der Waals surface area contributed by atoms with Crippen molar-refractivity contribution < 1.29 is 0 Å². The van der Waals surface area contributed by atoms with Gasteiger partial charge in [0.25, 0.3) is 0 Å². The fourth-order valence-corrected chi connectivity index (χ4v) is 2.37. The van der Waals surface area contributed by atoms with Crippen molar-refractivity contribution in [3.8, 4) is 6.07 Å². The van der Waals surface area contributed by atoms with Crippen LogP contribution in [0.4, 0.5) is 0 Å².